The number of halogens is 1. The third-order valence-corrected chi connectivity index (χ3v) is 10.0. The summed E-state index contributed by atoms with van der Waals surface area (Å²) in [6.07, 6.45) is 6.00. The van der Waals surface area contributed by atoms with Crippen molar-refractivity contribution in [3.8, 4) is 5.75 Å². The number of rotatable bonds is 11. The zero-order valence-electron chi connectivity index (χ0n) is 25.9. The number of aromatic nitrogens is 2. The van der Waals surface area contributed by atoms with Gasteiger partial charge in [0.15, 0.2) is 5.82 Å². The quantitative estimate of drug-likeness (QED) is 0.225. The van der Waals surface area contributed by atoms with Gasteiger partial charge in [0.05, 0.1) is 49.3 Å². The number of sulfonamides is 1. The van der Waals surface area contributed by atoms with Gasteiger partial charge in [0.1, 0.15) is 10.8 Å². The molecule has 1 aliphatic heterocycles. The van der Waals surface area contributed by atoms with Crippen molar-refractivity contribution >= 4 is 50.5 Å². The van der Waals surface area contributed by atoms with Gasteiger partial charge in [-0.2, -0.15) is 4.98 Å². The molecule has 1 aliphatic carbocycles. The average Bonchev–Trinajstić information content (AvgIpc) is 3.24. The van der Waals surface area contributed by atoms with Crippen LogP contribution in [0.15, 0.2) is 42.6 Å². The van der Waals surface area contributed by atoms with Gasteiger partial charge in [-0.15, -0.1) is 0 Å². The lowest BCUT2D eigenvalue weighted by molar-refractivity contribution is 0.0301. The Hall–Kier alpha value is -3.20. The van der Waals surface area contributed by atoms with E-state index in [1.54, 1.807) is 31.4 Å². The minimum atomic E-state index is -3.48. The molecular weight excluding hydrogens is 618 g/mol. The van der Waals surface area contributed by atoms with E-state index in [9.17, 15) is 18.6 Å². The van der Waals surface area contributed by atoms with E-state index in [-0.39, 0.29) is 11.6 Å². The molecule has 1 saturated heterocycles. The zero-order valence-corrected chi connectivity index (χ0v) is 27.5. The van der Waals surface area contributed by atoms with Crippen molar-refractivity contribution in [3.63, 3.8) is 0 Å². The molecule has 3 aromatic rings. The first kappa shape index (κ1) is 33.2. The smallest absolute Gasteiger partial charge is 0.232 e. The van der Waals surface area contributed by atoms with Crippen molar-refractivity contribution in [2.75, 3.05) is 74.7 Å². The van der Waals surface area contributed by atoms with Gasteiger partial charge >= 0.3 is 0 Å². The number of nitrogens with zero attached hydrogens (tertiary/aromatic N) is 5. The molecule has 0 amide bonds. The highest BCUT2D eigenvalue weighted by molar-refractivity contribution is 7.92. The second kappa shape index (κ2) is 14.5. The normalized spacial score (nSPS) is 18.5. The molecule has 244 valence electrons. The van der Waals surface area contributed by atoms with E-state index in [0.717, 1.165) is 63.8 Å². The number of nitrogens with one attached hydrogen (secondary N) is 2. The van der Waals surface area contributed by atoms with Crippen molar-refractivity contribution in [2.45, 2.75) is 37.8 Å². The highest BCUT2D eigenvalue weighted by atomic mass is 35.5. The van der Waals surface area contributed by atoms with Gasteiger partial charge in [0, 0.05) is 45.8 Å². The van der Waals surface area contributed by atoms with Crippen LogP contribution < -0.4 is 19.7 Å². The number of piperazine rings is 1. The molecule has 12 nitrogen and oxygen atoms in total. The number of fused-ring (bicyclic) bond motifs is 1. The van der Waals surface area contributed by atoms with Crippen LogP contribution in [-0.2, 0) is 22.9 Å². The molecule has 0 saturated carbocycles. The largest absolute Gasteiger partial charge is 0.495 e. The molecule has 2 atom stereocenters. The molecule has 45 heavy (non-hydrogen) atoms. The number of benzene rings is 2. The minimum Gasteiger partial charge on any atom is -0.495 e. The van der Waals surface area contributed by atoms with Gasteiger partial charge in [0.2, 0.25) is 16.0 Å². The number of para-hydroxylation sites is 2. The maximum absolute atomic E-state index is 12.2. The molecule has 14 heteroatoms. The number of anilines is 5. The number of hydrogen-bond acceptors (Lipinski definition) is 11. The molecule has 1 aromatic heterocycles. The molecule has 0 radical (unpaired) electrons. The van der Waals surface area contributed by atoms with E-state index >= 15 is 0 Å². The fourth-order valence-electron chi connectivity index (χ4n) is 6.01. The number of aryl methyl sites for hydroxylation is 1. The summed E-state index contributed by atoms with van der Waals surface area (Å²) in [4.78, 5) is 13.8. The van der Waals surface area contributed by atoms with Crippen molar-refractivity contribution in [3.05, 3.63) is 58.7 Å². The average molecular weight is 660 g/mol. The van der Waals surface area contributed by atoms with Gasteiger partial charge in [-0.05, 0) is 61.1 Å². The molecule has 1 fully saturated rings. The van der Waals surface area contributed by atoms with Crippen LogP contribution in [0.4, 0.5) is 28.8 Å². The van der Waals surface area contributed by atoms with E-state index in [1.165, 1.54) is 28.7 Å². The van der Waals surface area contributed by atoms with Gasteiger partial charge in [-0.3, -0.25) is 14.1 Å². The number of aliphatic hydroxyl groups excluding tert-OH is 2. The standard InChI is InChI=1S/C31H42ClN7O5S/c1-37(45(3,42)43)28-10-5-4-9-26(28)34-30-25(32)18-33-31(36-30)35-27-16-21-7-6-8-23(15-22(21)17-29(27)44-2)39-13-11-38(12-14-39)19-24(41)20-40/h4-5,9-10,16-18,23-24,40-41H,6-8,11-15,19-20H2,1-3H3,(H2,33,34,35,36). The van der Waals surface area contributed by atoms with Crippen LogP contribution in [-0.4, -0.2) is 110 Å². The predicted octanol–water partition coefficient (Wildman–Crippen LogP) is 3.24. The van der Waals surface area contributed by atoms with Crippen LogP contribution in [0.5, 0.6) is 5.75 Å². The third kappa shape index (κ3) is 8.15. The molecule has 2 aliphatic rings. The topological polar surface area (TPSA) is 143 Å². The number of ether oxygens (including phenoxy) is 1. The second-order valence-corrected chi connectivity index (χ2v) is 14.1. The van der Waals surface area contributed by atoms with Crippen LogP contribution in [0.1, 0.15) is 24.0 Å². The Kier molecular flexibility index (Phi) is 10.7. The molecule has 2 heterocycles. The molecule has 0 bridgehead atoms. The maximum Gasteiger partial charge on any atom is 0.232 e. The van der Waals surface area contributed by atoms with E-state index in [2.05, 4.69) is 42.5 Å². The highest BCUT2D eigenvalue weighted by Gasteiger charge is 2.28. The van der Waals surface area contributed by atoms with Gasteiger partial charge in [-0.1, -0.05) is 23.7 Å². The molecule has 2 unspecified atom stereocenters. The molecule has 5 rings (SSSR count). The summed E-state index contributed by atoms with van der Waals surface area (Å²) < 4.78 is 31.4. The van der Waals surface area contributed by atoms with Crippen LogP contribution in [0, 0.1) is 0 Å². The number of methoxy groups -OCH3 is 1. The van der Waals surface area contributed by atoms with Crippen LogP contribution >= 0.6 is 11.6 Å². The Morgan fingerprint density at radius 2 is 1.89 bits per heavy atom. The van der Waals surface area contributed by atoms with Gasteiger partial charge in [-0.25, -0.2) is 13.4 Å². The molecule has 0 spiro atoms. The van der Waals surface area contributed by atoms with E-state index < -0.39 is 16.1 Å². The lowest BCUT2D eigenvalue weighted by Crippen LogP contribution is -2.52. The van der Waals surface area contributed by atoms with Crippen LogP contribution in [0.25, 0.3) is 0 Å². The Labute approximate surface area is 270 Å². The number of β-amino-alcohol motifs (C(OH)–C–C–N with tert-alkyl or cyclic N) is 1. The van der Waals surface area contributed by atoms with Crippen LogP contribution in [0.2, 0.25) is 5.02 Å². The number of aliphatic hydroxyl groups is 2. The SMILES string of the molecule is COc1cc2c(cc1Nc1ncc(Cl)c(Nc3ccccc3N(C)S(C)(=O)=O)n1)CCCC(N1CCN(CC(O)CO)CC1)C2. The fourth-order valence-corrected chi connectivity index (χ4v) is 6.67. The summed E-state index contributed by atoms with van der Waals surface area (Å²) in [5.41, 5.74) is 4.26. The summed E-state index contributed by atoms with van der Waals surface area (Å²) >= 11 is 6.46. The van der Waals surface area contributed by atoms with E-state index in [0.29, 0.717) is 41.5 Å². The first-order chi connectivity index (χ1) is 21.5. The summed E-state index contributed by atoms with van der Waals surface area (Å²) in [6.45, 7) is 3.94. The Balaban J connectivity index is 1.32. The van der Waals surface area contributed by atoms with Crippen molar-refractivity contribution < 1.29 is 23.4 Å². The minimum absolute atomic E-state index is 0.208. The lowest BCUT2D eigenvalue weighted by Gasteiger charge is -2.39. The Bertz CT molecular complexity index is 1590. The van der Waals surface area contributed by atoms with Crippen molar-refractivity contribution in [1.29, 1.82) is 0 Å². The lowest BCUT2D eigenvalue weighted by atomic mass is 9.99. The second-order valence-electron chi connectivity index (χ2n) is 11.6. The summed E-state index contributed by atoms with van der Waals surface area (Å²) in [6, 6.07) is 11.7. The zero-order chi connectivity index (χ0) is 32.1. The van der Waals surface area contributed by atoms with Crippen molar-refractivity contribution in [2.24, 2.45) is 0 Å². The van der Waals surface area contributed by atoms with Gasteiger partial charge in [0.25, 0.3) is 0 Å². The number of hydrogen-bond donors (Lipinski definition) is 4. The molecule has 4 N–H and O–H groups in total. The third-order valence-electron chi connectivity index (χ3n) is 8.55. The first-order valence-corrected chi connectivity index (χ1v) is 17.3. The molecule has 2 aromatic carbocycles. The summed E-state index contributed by atoms with van der Waals surface area (Å²) in [5, 5.41) is 25.7. The first-order valence-electron chi connectivity index (χ1n) is 15.1. The Morgan fingerprint density at radius 1 is 1.13 bits per heavy atom. The Morgan fingerprint density at radius 3 is 2.60 bits per heavy atom. The molecular formula is C31H42ClN7O5S. The van der Waals surface area contributed by atoms with E-state index in [1.807, 2.05) is 0 Å². The maximum atomic E-state index is 12.2. The van der Waals surface area contributed by atoms with Crippen molar-refractivity contribution in [1.82, 2.24) is 19.8 Å². The summed E-state index contributed by atoms with van der Waals surface area (Å²) in [5.74, 6) is 1.32. The summed E-state index contributed by atoms with van der Waals surface area (Å²) in [7, 11) is -0.349. The monoisotopic (exact) mass is 659 g/mol. The van der Waals surface area contributed by atoms with Gasteiger partial charge < -0.3 is 25.6 Å². The highest BCUT2D eigenvalue weighted by Crippen LogP contribution is 2.36. The fraction of sp³-hybridized carbons (Fsp3) is 0.484. The van der Waals surface area contributed by atoms with Crippen LogP contribution in [0.3, 0.4) is 0 Å². The van der Waals surface area contributed by atoms with E-state index in [4.69, 9.17) is 16.3 Å². The predicted molar refractivity (Wildman–Crippen MR) is 178 cm³/mol.